The number of anilines is 1. The fourth-order valence-electron chi connectivity index (χ4n) is 1.78. The molecule has 0 amide bonds. The van der Waals surface area contributed by atoms with E-state index in [-0.39, 0.29) is 33.9 Å². The summed E-state index contributed by atoms with van der Waals surface area (Å²) >= 11 is 11.7. The van der Waals surface area contributed by atoms with Crippen LogP contribution in [0.4, 0.5) is 11.4 Å². The highest BCUT2D eigenvalue weighted by molar-refractivity contribution is 6.42. The number of nitro benzene ring substituents is 1. The summed E-state index contributed by atoms with van der Waals surface area (Å²) in [6.45, 7) is 3.78. The molecule has 110 valence electrons. The molecule has 0 aliphatic rings. The average molecular weight is 321 g/mol. The summed E-state index contributed by atoms with van der Waals surface area (Å²) in [5.41, 5.74) is -0.109. The number of hydrogen-bond donors (Lipinski definition) is 1. The van der Waals surface area contributed by atoms with Gasteiger partial charge in [-0.05, 0) is 12.0 Å². The summed E-state index contributed by atoms with van der Waals surface area (Å²) in [6.07, 6.45) is 0. The number of carboxylic acid groups (broad SMARTS) is 1. The Labute approximate surface area is 126 Å². The molecule has 0 fully saturated rings. The zero-order valence-corrected chi connectivity index (χ0v) is 12.5. The molecule has 0 radical (unpaired) electrons. The zero-order chi connectivity index (χ0) is 15.4. The van der Waals surface area contributed by atoms with Gasteiger partial charge < -0.3 is 10.0 Å². The number of rotatable bonds is 6. The Bertz CT molecular complexity index is 534. The summed E-state index contributed by atoms with van der Waals surface area (Å²) in [4.78, 5) is 22.8. The minimum atomic E-state index is -1.08. The molecule has 1 aromatic rings. The number of nitro groups is 1. The molecule has 0 aliphatic heterocycles. The van der Waals surface area contributed by atoms with Gasteiger partial charge in [0.2, 0.25) is 0 Å². The van der Waals surface area contributed by atoms with Crippen LogP contribution in [0.25, 0.3) is 0 Å². The van der Waals surface area contributed by atoms with Crippen LogP contribution in [0.1, 0.15) is 13.8 Å². The molecule has 0 bridgehead atoms. The van der Waals surface area contributed by atoms with Crippen LogP contribution in [0, 0.1) is 16.0 Å². The number of hydrogen-bond acceptors (Lipinski definition) is 4. The van der Waals surface area contributed by atoms with E-state index >= 15 is 0 Å². The van der Waals surface area contributed by atoms with Gasteiger partial charge in [0.1, 0.15) is 12.2 Å². The minimum Gasteiger partial charge on any atom is -0.480 e. The zero-order valence-electron chi connectivity index (χ0n) is 11.0. The van der Waals surface area contributed by atoms with Gasteiger partial charge in [-0.2, -0.15) is 0 Å². The van der Waals surface area contributed by atoms with Crippen molar-refractivity contribution in [2.75, 3.05) is 18.0 Å². The minimum absolute atomic E-state index is 0.0574. The average Bonchev–Trinajstić information content (AvgIpc) is 2.29. The van der Waals surface area contributed by atoms with Gasteiger partial charge in [0.05, 0.1) is 15.0 Å². The highest BCUT2D eigenvalue weighted by Gasteiger charge is 2.24. The summed E-state index contributed by atoms with van der Waals surface area (Å²) < 4.78 is 0. The first-order chi connectivity index (χ1) is 9.22. The first-order valence-electron chi connectivity index (χ1n) is 5.82. The highest BCUT2D eigenvalue weighted by Crippen LogP contribution is 2.36. The Balaban J connectivity index is 3.33. The maximum Gasteiger partial charge on any atom is 0.323 e. The maximum atomic E-state index is 11.1. The molecule has 0 saturated heterocycles. The normalized spacial score (nSPS) is 10.7. The van der Waals surface area contributed by atoms with Gasteiger partial charge in [0.25, 0.3) is 5.69 Å². The van der Waals surface area contributed by atoms with Crippen molar-refractivity contribution >= 4 is 40.5 Å². The maximum absolute atomic E-state index is 11.1. The number of carbonyl (C=O) groups is 1. The molecule has 20 heavy (non-hydrogen) atoms. The van der Waals surface area contributed by atoms with Crippen LogP contribution in [0.3, 0.4) is 0 Å². The molecule has 0 aromatic heterocycles. The molecule has 1 aromatic carbocycles. The van der Waals surface area contributed by atoms with E-state index in [1.807, 2.05) is 13.8 Å². The summed E-state index contributed by atoms with van der Waals surface area (Å²) in [5.74, 6) is -0.950. The molecule has 0 heterocycles. The van der Waals surface area contributed by atoms with Gasteiger partial charge >= 0.3 is 5.97 Å². The van der Waals surface area contributed by atoms with Crippen LogP contribution in [0.5, 0.6) is 0 Å². The van der Waals surface area contributed by atoms with Crippen LogP contribution in [-0.2, 0) is 4.79 Å². The molecule has 1 N–H and O–H groups in total. The largest absolute Gasteiger partial charge is 0.480 e. The second-order valence-corrected chi connectivity index (χ2v) is 5.49. The Kier molecular flexibility index (Phi) is 5.59. The second kappa shape index (κ2) is 6.76. The van der Waals surface area contributed by atoms with Crippen LogP contribution in [-0.4, -0.2) is 29.1 Å². The van der Waals surface area contributed by atoms with Crippen molar-refractivity contribution < 1.29 is 14.8 Å². The third-order valence-corrected chi connectivity index (χ3v) is 3.19. The van der Waals surface area contributed by atoms with Crippen LogP contribution in [0.2, 0.25) is 10.0 Å². The van der Waals surface area contributed by atoms with E-state index in [1.54, 1.807) is 0 Å². The molecule has 0 saturated carbocycles. The Morgan fingerprint density at radius 3 is 2.40 bits per heavy atom. The lowest BCUT2D eigenvalue weighted by atomic mass is 10.1. The molecule has 8 heteroatoms. The first kappa shape index (κ1) is 16.5. The van der Waals surface area contributed by atoms with Gasteiger partial charge in [-0.25, -0.2) is 0 Å². The lowest BCUT2D eigenvalue weighted by Gasteiger charge is -2.24. The lowest BCUT2D eigenvalue weighted by molar-refractivity contribution is -0.384. The van der Waals surface area contributed by atoms with Gasteiger partial charge in [0.15, 0.2) is 0 Å². The van der Waals surface area contributed by atoms with Crippen LogP contribution in [0.15, 0.2) is 12.1 Å². The highest BCUT2D eigenvalue weighted by atomic mass is 35.5. The number of nitrogens with zero attached hydrogens (tertiary/aromatic N) is 2. The predicted octanol–water partition coefficient (Wildman–Crippen LogP) is 3.45. The monoisotopic (exact) mass is 320 g/mol. The summed E-state index contributed by atoms with van der Waals surface area (Å²) in [5, 5.41) is 20.2. The summed E-state index contributed by atoms with van der Waals surface area (Å²) in [6, 6.07) is 2.46. The van der Waals surface area contributed by atoms with Crippen LogP contribution >= 0.6 is 23.2 Å². The quantitative estimate of drug-likeness (QED) is 0.641. The third-order valence-electron chi connectivity index (χ3n) is 2.47. The lowest BCUT2D eigenvalue weighted by Crippen LogP contribution is -2.33. The van der Waals surface area contributed by atoms with Crippen molar-refractivity contribution in [3.63, 3.8) is 0 Å². The van der Waals surface area contributed by atoms with Crippen molar-refractivity contribution in [2.24, 2.45) is 5.92 Å². The molecular formula is C12H14Cl2N2O4. The Hall–Kier alpha value is -1.53. The van der Waals surface area contributed by atoms with E-state index < -0.39 is 10.9 Å². The van der Waals surface area contributed by atoms with E-state index in [4.69, 9.17) is 28.3 Å². The van der Waals surface area contributed by atoms with E-state index in [0.717, 1.165) is 6.07 Å². The van der Waals surface area contributed by atoms with E-state index in [1.165, 1.54) is 11.0 Å². The van der Waals surface area contributed by atoms with E-state index in [0.29, 0.717) is 6.54 Å². The SMILES string of the molecule is CC(C)CN(CC(=O)O)c1cc(Cl)c(Cl)cc1[N+](=O)[O-]. The van der Waals surface area contributed by atoms with Crippen molar-refractivity contribution in [1.29, 1.82) is 0 Å². The topological polar surface area (TPSA) is 83.7 Å². The molecular weight excluding hydrogens is 307 g/mol. The van der Waals surface area contributed by atoms with Crippen LogP contribution < -0.4 is 4.90 Å². The third kappa shape index (κ3) is 4.25. The number of carboxylic acids is 1. The van der Waals surface area contributed by atoms with E-state index in [2.05, 4.69) is 0 Å². The van der Waals surface area contributed by atoms with Gasteiger partial charge in [-0.15, -0.1) is 0 Å². The molecule has 0 unspecified atom stereocenters. The molecule has 0 spiro atoms. The smallest absolute Gasteiger partial charge is 0.323 e. The van der Waals surface area contributed by atoms with Gasteiger partial charge in [-0.3, -0.25) is 14.9 Å². The van der Waals surface area contributed by atoms with Crippen molar-refractivity contribution in [3.8, 4) is 0 Å². The Morgan fingerprint density at radius 1 is 1.40 bits per heavy atom. The number of aliphatic carboxylic acids is 1. The van der Waals surface area contributed by atoms with Crippen molar-refractivity contribution in [1.82, 2.24) is 0 Å². The Morgan fingerprint density at radius 2 is 1.95 bits per heavy atom. The van der Waals surface area contributed by atoms with Crippen molar-refractivity contribution in [3.05, 3.63) is 32.3 Å². The second-order valence-electron chi connectivity index (χ2n) is 4.68. The van der Waals surface area contributed by atoms with Gasteiger partial charge in [-0.1, -0.05) is 37.0 Å². The fraction of sp³-hybridized carbons (Fsp3) is 0.417. The predicted molar refractivity (Wildman–Crippen MR) is 77.8 cm³/mol. The number of halogens is 2. The van der Waals surface area contributed by atoms with Crippen molar-refractivity contribution in [2.45, 2.75) is 13.8 Å². The standard InChI is InChI=1S/C12H14Cl2N2O4/c1-7(2)5-15(6-12(17)18)10-3-8(13)9(14)4-11(10)16(19)20/h3-4,7H,5-6H2,1-2H3,(H,17,18). The molecule has 0 aliphatic carbocycles. The summed E-state index contributed by atoms with van der Waals surface area (Å²) in [7, 11) is 0. The van der Waals surface area contributed by atoms with Gasteiger partial charge in [0, 0.05) is 12.6 Å². The molecule has 0 atom stereocenters. The first-order valence-corrected chi connectivity index (χ1v) is 6.58. The molecule has 1 rings (SSSR count). The molecule has 6 nitrogen and oxygen atoms in total. The van der Waals surface area contributed by atoms with E-state index in [9.17, 15) is 14.9 Å². The number of benzene rings is 1. The fourth-order valence-corrected chi connectivity index (χ4v) is 2.09.